The maximum Gasteiger partial charge on any atom is 0.242 e. The van der Waals surface area contributed by atoms with Crippen molar-refractivity contribution in [1.82, 2.24) is 10.0 Å². The summed E-state index contributed by atoms with van der Waals surface area (Å²) in [6.45, 7) is -0.102. The smallest absolute Gasteiger partial charge is 0.242 e. The summed E-state index contributed by atoms with van der Waals surface area (Å²) in [5.41, 5.74) is 4.97. The third-order valence-corrected chi connectivity index (χ3v) is 4.19. The number of hydrogen-bond acceptors (Lipinski definition) is 4. The van der Waals surface area contributed by atoms with Gasteiger partial charge in [-0.2, -0.15) is 0 Å². The highest BCUT2D eigenvalue weighted by Crippen LogP contribution is 2.26. The van der Waals surface area contributed by atoms with E-state index >= 15 is 0 Å². The fraction of sp³-hybridized carbons (Fsp3) is 0.300. The van der Waals surface area contributed by atoms with Gasteiger partial charge < -0.3 is 11.1 Å². The number of anilines is 1. The van der Waals surface area contributed by atoms with Crippen molar-refractivity contribution in [3.8, 4) is 0 Å². The first kappa shape index (κ1) is 15.7. The number of amides is 1. The number of carbonyl (C=O) groups excluding carboxylic acids is 1. The molecule has 0 radical (unpaired) electrons. The van der Waals surface area contributed by atoms with Gasteiger partial charge in [0.1, 0.15) is 10.7 Å². The van der Waals surface area contributed by atoms with Crippen LogP contribution < -0.4 is 15.8 Å². The van der Waals surface area contributed by atoms with Gasteiger partial charge in [0.15, 0.2) is 0 Å². The van der Waals surface area contributed by atoms with E-state index in [9.17, 15) is 17.6 Å². The van der Waals surface area contributed by atoms with E-state index < -0.39 is 15.8 Å². The van der Waals surface area contributed by atoms with Crippen molar-refractivity contribution in [1.29, 1.82) is 0 Å². The largest absolute Gasteiger partial charge is 0.396 e. The van der Waals surface area contributed by atoms with Crippen molar-refractivity contribution >= 4 is 33.2 Å². The Labute approximate surface area is 115 Å². The topological polar surface area (TPSA) is 101 Å². The summed E-state index contributed by atoms with van der Waals surface area (Å²) in [7, 11) is -2.50. The molecule has 0 saturated carbocycles. The average Bonchev–Trinajstić information content (AvgIpc) is 2.33. The molecule has 0 aliphatic heterocycles. The number of benzene rings is 1. The Hall–Kier alpha value is -1.38. The zero-order valence-corrected chi connectivity index (χ0v) is 11.6. The maximum absolute atomic E-state index is 13.1. The Kier molecular flexibility index (Phi) is 5.10. The molecule has 0 unspecified atom stereocenters. The van der Waals surface area contributed by atoms with Crippen LogP contribution in [0.15, 0.2) is 17.0 Å². The molecule has 0 atom stereocenters. The number of nitrogens with one attached hydrogen (secondary N) is 2. The summed E-state index contributed by atoms with van der Waals surface area (Å²) in [5, 5.41) is 2.07. The minimum Gasteiger partial charge on any atom is -0.396 e. The zero-order chi connectivity index (χ0) is 14.6. The van der Waals surface area contributed by atoms with Crippen LogP contribution in [0.25, 0.3) is 0 Å². The van der Waals surface area contributed by atoms with Crippen LogP contribution >= 0.6 is 11.6 Å². The second kappa shape index (κ2) is 6.18. The second-order valence-electron chi connectivity index (χ2n) is 3.63. The monoisotopic (exact) mass is 309 g/mol. The third-order valence-electron chi connectivity index (χ3n) is 2.26. The van der Waals surface area contributed by atoms with Crippen molar-refractivity contribution < 1.29 is 17.6 Å². The van der Waals surface area contributed by atoms with Gasteiger partial charge in [-0.1, -0.05) is 11.6 Å². The minimum absolute atomic E-state index is 0.0238. The summed E-state index contributed by atoms with van der Waals surface area (Å²) in [4.78, 5) is 10.6. The first-order valence-electron chi connectivity index (χ1n) is 5.22. The molecule has 1 rings (SSSR count). The molecule has 0 aromatic heterocycles. The van der Waals surface area contributed by atoms with Crippen LogP contribution in [-0.2, 0) is 14.8 Å². The molecule has 1 aromatic carbocycles. The van der Waals surface area contributed by atoms with Gasteiger partial charge in [0.2, 0.25) is 15.9 Å². The molecule has 0 aliphatic carbocycles. The van der Waals surface area contributed by atoms with Crippen LogP contribution in [0.5, 0.6) is 0 Å². The molecule has 6 nitrogen and oxygen atoms in total. The third kappa shape index (κ3) is 4.05. The maximum atomic E-state index is 13.1. The van der Waals surface area contributed by atoms with Crippen LogP contribution in [0.1, 0.15) is 6.42 Å². The minimum atomic E-state index is -3.94. The fourth-order valence-electron chi connectivity index (χ4n) is 1.25. The summed E-state index contributed by atoms with van der Waals surface area (Å²) in [6, 6.07) is 1.75. The molecule has 106 valence electrons. The van der Waals surface area contributed by atoms with Gasteiger partial charge in [-0.3, -0.25) is 4.79 Å². The molecule has 19 heavy (non-hydrogen) atoms. The van der Waals surface area contributed by atoms with E-state index in [1.807, 2.05) is 0 Å². The standard InChI is InChI=1S/C10H13ClFN3O3S/c1-14-10(16)2-3-15-19(17,18)9-5-8(13)7(12)4-6(9)11/h4-5,15H,2-3,13H2,1H3,(H,14,16). The van der Waals surface area contributed by atoms with Crippen molar-refractivity contribution in [2.24, 2.45) is 0 Å². The fourth-order valence-corrected chi connectivity index (χ4v) is 2.83. The molecule has 0 heterocycles. The summed E-state index contributed by atoms with van der Waals surface area (Å²) >= 11 is 5.66. The molecule has 0 aliphatic rings. The predicted molar refractivity (Wildman–Crippen MR) is 69.7 cm³/mol. The second-order valence-corrected chi connectivity index (χ2v) is 5.77. The molecule has 4 N–H and O–H groups in total. The molecule has 9 heteroatoms. The lowest BCUT2D eigenvalue weighted by Crippen LogP contribution is -2.29. The lowest BCUT2D eigenvalue weighted by molar-refractivity contribution is -0.120. The van der Waals surface area contributed by atoms with E-state index in [0.717, 1.165) is 12.1 Å². The number of sulfonamides is 1. The van der Waals surface area contributed by atoms with Crippen molar-refractivity contribution in [3.05, 3.63) is 23.0 Å². The van der Waals surface area contributed by atoms with Gasteiger partial charge in [0.25, 0.3) is 0 Å². The van der Waals surface area contributed by atoms with Gasteiger partial charge in [-0.05, 0) is 12.1 Å². The average molecular weight is 310 g/mol. The molecule has 1 amide bonds. The first-order valence-corrected chi connectivity index (χ1v) is 7.09. The first-order chi connectivity index (χ1) is 8.77. The van der Waals surface area contributed by atoms with Crippen molar-refractivity contribution in [2.75, 3.05) is 19.3 Å². The number of nitrogens with two attached hydrogens (primary N) is 1. The van der Waals surface area contributed by atoms with Crippen LogP contribution in [0.4, 0.5) is 10.1 Å². The lowest BCUT2D eigenvalue weighted by atomic mass is 10.3. The number of rotatable bonds is 5. The van der Waals surface area contributed by atoms with Gasteiger partial charge in [0, 0.05) is 20.0 Å². The van der Waals surface area contributed by atoms with Gasteiger partial charge in [0.05, 0.1) is 10.7 Å². The Morgan fingerprint density at radius 3 is 2.68 bits per heavy atom. The number of hydrogen-bond donors (Lipinski definition) is 3. The molecular formula is C10H13ClFN3O3S. The SMILES string of the molecule is CNC(=O)CCNS(=O)(=O)c1cc(N)c(F)cc1Cl. The van der Waals surface area contributed by atoms with Gasteiger partial charge >= 0.3 is 0 Å². The van der Waals surface area contributed by atoms with Crippen LogP contribution in [0.3, 0.4) is 0 Å². The summed E-state index contributed by atoms with van der Waals surface area (Å²) in [6.07, 6.45) is -0.0238. The number of carbonyl (C=O) groups is 1. The molecule has 0 fully saturated rings. The Morgan fingerprint density at radius 1 is 1.47 bits per heavy atom. The van der Waals surface area contributed by atoms with Crippen LogP contribution in [0, 0.1) is 5.82 Å². The Bertz CT molecular complexity index is 592. The lowest BCUT2D eigenvalue weighted by Gasteiger charge is -2.09. The van der Waals surface area contributed by atoms with E-state index in [1.54, 1.807) is 0 Å². The van der Waals surface area contributed by atoms with Crippen LogP contribution in [0.2, 0.25) is 5.02 Å². The van der Waals surface area contributed by atoms with E-state index in [2.05, 4.69) is 10.0 Å². The van der Waals surface area contributed by atoms with E-state index in [4.69, 9.17) is 17.3 Å². The molecule has 0 bridgehead atoms. The highest BCUT2D eigenvalue weighted by molar-refractivity contribution is 7.89. The number of nitrogen functional groups attached to an aromatic ring is 1. The van der Waals surface area contributed by atoms with Crippen molar-refractivity contribution in [3.63, 3.8) is 0 Å². The van der Waals surface area contributed by atoms with Gasteiger partial charge in [-0.15, -0.1) is 0 Å². The predicted octanol–water partition coefficient (Wildman–Crippen LogP) is 0.476. The Balaban J connectivity index is 2.89. The highest BCUT2D eigenvalue weighted by atomic mass is 35.5. The summed E-state index contributed by atoms with van der Waals surface area (Å²) < 4.78 is 39.0. The Morgan fingerprint density at radius 2 is 2.11 bits per heavy atom. The van der Waals surface area contributed by atoms with E-state index in [-0.39, 0.29) is 34.5 Å². The molecular weight excluding hydrogens is 297 g/mol. The molecule has 0 saturated heterocycles. The quantitative estimate of drug-likeness (QED) is 0.688. The van der Waals surface area contributed by atoms with E-state index in [1.165, 1.54) is 7.05 Å². The molecule has 1 aromatic rings. The number of halogens is 2. The normalized spacial score (nSPS) is 11.3. The van der Waals surface area contributed by atoms with Gasteiger partial charge in [-0.25, -0.2) is 17.5 Å². The summed E-state index contributed by atoms with van der Waals surface area (Å²) in [5.74, 6) is -1.11. The van der Waals surface area contributed by atoms with E-state index in [0.29, 0.717) is 0 Å². The van der Waals surface area contributed by atoms with Crippen LogP contribution in [-0.4, -0.2) is 27.9 Å². The van der Waals surface area contributed by atoms with Crippen molar-refractivity contribution in [2.45, 2.75) is 11.3 Å². The zero-order valence-electron chi connectivity index (χ0n) is 10.0. The molecule has 0 spiro atoms. The highest BCUT2D eigenvalue weighted by Gasteiger charge is 2.19.